The van der Waals surface area contributed by atoms with Gasteiger partial charge in [0.1, 0.15) is 0 Å². The second-order valence-electron chi connectivity index (χ2n) is 3.10. The van der Waals surface area contributed by atoms with Crippen molar-refractivity contribution in [3.05, 3.63) is 27.7 Å². The lowest BCUT2D eigenvalue weighted by atomic mass is 10.1. The molecule has 13 heavy (non-hydrogen) atoms. The predicted molar refractivity (Wildman–Crippen MR) is 59.4 cm³/mol. The molecule has 4 heteroatoms. The molecule has 0 unspecified atom stereocenters. The summed E-state index contributed by atoms with van der Waals surface area (Å²) in [5, 5.41) is 7.32. The fourth-order valence-corrected chi connectivity index (χ4v) is 1.77. The van der Waals surface area contributed by atoms with Gasteiger partial charge in [0.05, 0.1) is 16.8 Å². The smallest absolute Gasteiger partial charge is 0.0779 e. The first-order valence-corrected chi connectivity index (χ1v) is 5.36. The quantitative estimate of drug-likeness (QED) is 0.855. The van der Waals surface area contributed by atoms with Crippen molar-refractivity contribution in [2.24, 2.45) is 0 Å². The first kappa shape index (κ1) is 9.31. The summed E-state index contributed by atoms with van der Waals surface area (Å²) in [4.78, 5) is 0. The summed E-state index contributed by atoms with van der Waals surface area (Å²) in [5.74, 6) is 0. The maximum Gasteiger partial charge on any atom is 0.0779 e. The van der Waals surface area contributed by atoms with Crippen LogP contribution in [0.25, 0.3) is 0 Å². The van der Waals surface area contributed by atoms with Crippen LogP contribution in [0.4, 0.5) is 5.69 Å². The number of nitrogens with one attached hydrogen (secondary N) is 2. The topological polar surface area (TPSA) is 24.1 Å². The fraction of sp³-hybridized carbons (Fsp3) is 0.333. The second-order valence-corrected chi connectivity index (χ2v) is 4.33. The summed E-state index contributed by atoms with van der Waals surface area (Å²) < 4.78 is 0.937. The molecule has 0 amide bonds. The van der Waals surface area contributed by atoms with Crippen LogP contribution in [-0.4, -0.2) is 19.1 Å². The molecule has 0 spiro atoms. The average molecular weight is 262 g/mol. The highest BCUT2D eigenvalue weighted by molar-refractivity contribution is 9.10. The molecule has 1 saturated heterocycles. The van der Waals surface area contributed by atoms with E-state index in [2.05, 4.69) is 26.6 Å². The minimum Gasteiger partial charge on any atom is -0.379 e. The SMILES string of the molecule is Clc1c(Br)cccc1NC1CNC1. The number of anilines is 1. The zero-order valence-corrected chi connectivity index (χ0v) is 9.32. The lowest BCUT2D eigenvalue weighted by Gasteiger charge is -2.29. The lowest BCUT2D eigenvalue weighted by molar-refractivity contribution is 0.472. The van der Waals surface area contributed by atoms with Crippen LogP contribution in [0.5, 0.6) is 0 Å². The van der Waals surface area contributed by atoms with Crippen molar-refractivity contribution in [1.29, 1.82) is 0 Å². The zero-order valence-electron chi connectivity index (χ0n) is 6.98. The Bertz CT molecular complexity index is 312. The molecule has 1 fully saturated rings. The van der Waals surface area contributed by atoms with Crippen molar-refractivity contribution < 1.29 is 0 Å². The van der Waals surface area contributed by atoms with E-state index in [-0.39, 0.29) is 0 Å². The first-order valence-electron chi connectivity index (χ1n) is 4.18. The van der Waals surface area contributed by atoms with E-state index in [9.17, 15) is 0 Å². The Morgan fingerprint density at radius 3 is 2.85 bits per heavy atom. The third-order valence-corrected chi connectivity index (χ3v) is 3.39. The van der Waals surface area contributed by atoms with Crippen molar-refractivity contribution in [3.8, 4) is 0 Å². The third-order valence-electron chi connectivity index (χ3n) is 2.09. The molecule has 0 saturated carbocycles. The molecule has 1 aromatic rings. The molecule has 0 aromatic heterocycles. The van der Waals surface area contributed by atoms with Crippen LogP contribution in [0.1, 0.15) is 0 Å². The van der Waals surface area contributed by atoms with Gasteiger partial charge in [-0.15, -0.1) is 0 Å². The van der Waals surface area contributed by atoms with E-state index in [1.165, 1.54) is 0 Å². The average Bonchev–Trinajstić information content (AvgIpc) is 2.04. The van der Waals surface area contributed by atoms with E-state index in [1.807, 2.05) is 18.2 Å². The molecule has 1 heterocycles. The Morgan fingerprint density at radius 1 is 1.46 bits per heavy atom. The summed E-state index contributed by atoms with van der Waals surface area (Å²) in [5.41, 5.74) is 1.00. The Balaban J connectivity index is 2.14. The highest BCUT2D eigenvalue weighted by atomic mass is 79.9. The molecule has 1 aromatic carbocycles. The van der Waals surface area contributed by atoms with Crippen LogP contribution < -0.4 is 10.6 Å². The third kappa shape index (κ3) is 1.98. The molecule has 0 bridgehead atoms. The molecule has 70 valence electrons. The number of halogens is 2. The van der Waals surface area contributed by atoms with Gasteiger partial charge in [0, 0.05) is 17.6 Å². The molecule has 0 atom stereocenters. The summed E-state index contributed by atoms with van der Waals surface area (Å²) in [6.45, 7) is 2.03. The van der Waals surface area contributed by atoms with Gasteiger partial charge in [0.15, 0.2) is 0 Å². The molecule has 2 rings (SSSR count). The summed E-state index contributed by atoms with van der Waals surface area (Å²) in [6.07, 6.45) is 0. The van der Waals surface area contributed by atoms with Gasteiger partial charge in [0.25, 0.3) is 0 Å². The van der Waals surface area contributed by atoms with Gasteiger partial charge in [-0.25, -0.2) is 0 Å². The number of benzene rings is 1. The molecule has 2 nitrogen and oxygen atoms in total. The van der Waals surface area contributed by atoms with Crippen LogP contribution in [0.2, 0.25) is 5.02 Å². The van der Waals surface area contributed by atoms with Crippen molar-refractivity contribution in [2.75, 3.05) is 18.4 Å². The summed E-state index contributed by atoms with van der Waals surface area (Å²) in [6, 6.07) is 6.43. The van der Waals surface area contributed by atoms with Crippen LogP contribution in [-0.2, 0) is 0 Å². The number of hydrogen-bond donors (Lipinski definition) is 2. The van der Waals surface area contributed by atoms with Gasteiger partial charge in [-0.1, -0.05) is 17.7 Å². The minimum atomic E-state index is 0.520. The van der Waals surface area contributed by atoms with Gasteiger partial charge in [-0.05, 0) is 28.1 Å². The molecule has 0 aliphatic carbocycles. The molecule has 1 aliphatic rings. The maximum absolute atomic E-state index is 6.09. The molecule has 1 aliphatic heterocycles. The van der Waals surface area contributed by atoms with Gasteiger partial charge >= 0.3 is 0 Å². The van der Waals surface area contributed by atoms with Crippen molar-refractivity contribution in [1.82, 2.24) is 5.32 Å². The highest BCUT2D eigenvalue weighted by Crippen LogP contribution is 2.30. The van der Waals surface area contributed by atoms with E-state index < -0.39 is 0 Å². The second kappa shape index (κ2) is 3.86. The number of rotatable bonds is 2. The van der Waals surface area contributed by atoms with Gasteiger partial charge in [-0.3, -0.25) is 0 Å². The van der Waals surface area contributed by atoms with E-state index in [0.717, 1.165) is 28.3 Å². The van der Waals surface area contributed by atoms with Crippen molar-refractivity contribution in [3.63, 3.8) is 0 Å². The largest absolute Gasteiger partial charge is 0.379 e. The highest BCUT2D eigenvalue weighted by Gasteiger charge is 2.17. The fourth-order valence-electron chi connectivity index (χ4n) is 1.23. The van der Waals surface area contributed by atoms with E-state index in [1.54, 1.807) is 0 Å². The maximum atomic E-state index is 6.09. The van der Waals surface area contributed by atoms with Crippen LogP contribution in [0.3, 0.4) is 0 Å². The van der Waals surface area contributed by atoms with Crippen LogP contribution in [0.15, 0.2) is 22.7 Å². The van der Waals surface area contributed by atoms with Gasteiger partial charge < -0.3 is 10.6 Å². The Labute approximate surface area is 90.8 Å². The van der Waals surface area contributed by atoms with Crippen molar-refractivity contribution >= 4 is 33.2 Å². The van der Waals surface area contributed by atoms with Gasteiger partial charge in [-0.2, -0.15) is 0 Å². The molecular weight excluding hydrogens is 251 g/mol. The molecule has 2 N–H and O–H groups in total. The van der Waals surface area contributed by atoms with Crippen LogP contribution >= 0.6 is 27.5 Å². The summed E-state index contributed by atoms with van der Waals surface area (Å²) >= 11 is 9.48. The normalized spacial score (nSPS) is 16.8. The summed E-state index contributed by atoms with van der Waals surface area (Å²) in [7, 11) is 0. The molecular formula is C9H10BrClN2. The van der Waals surface area contributed by atoms with Crippen molar-refractivity contribution in [2.45, 2.75) is 6.04 Å². The molecule has 0 radical (unpaired) electrons. The first-order chi connectivity index (χ1) is 6.27. The Kier molecular flexibility index (Phi) is 2.77. The Hall–Kier alpha value is -0.250. The zero-order chi connectivity index (χ0) is 9.26. The van der Waals surface area contributed by atoms with E-state index in [0.29, 0.717) is 6.04 Å². The Morgan fingerprint density at radius 2 is 2.23 bits per heavy atom. The monoisotopic (exact) mass is 260 g/mol. The van der Waals surface area contributed by atoms with E-state index >= 15 is 0 Å². The standard InChI is InChI=1S/C9H10BrClN2/c10-7-2-1-3-8(9(7)11)13-6-4-12-5-6/h1-3,6,12-13H,4-5H2. The minimum absolute atomic E-state index is 0.520. The van der Waals surface area contributed by atoms with E-state index in [4.69, 9.17) is 11.6 Å². The predicted octanol–water partition coefficient (Wildman–Crippen LogP) is 2.49. The number of hydrogen-bond acceptors (Lipinski definition) is 2. The van der Waals surface area contributed by atoms with Gasteiger partial charge in [0.2, 0.25) is 0 Å². The lowest BCUT2D eigenvalue weighted by Crippen LogP contribution is -2.51. The van der Waals surface area contributed by atoms with Crippen LogP contribution in [0, 0.1) is 0 Å².